The quantitative estimate of drug-likeness (QED) is 0.604. The molecule has 0 aliphatic heterocycles. The second-order valence-electron chi connectivity index (χ2n) is 2.78. The number of carbonyl (C=O) groups is 1. The minimum absolute atomic E-state index is 0.00912. The average Bonchev–Trinajstić information content (AvgIpc) is 2.11. The third-order valence-corrected chi connectivity index (χ3v) is 1.94. The molecule has 0 heterocycles. The van der Waals surface area contributed by atoms with Crippen LogP contribution >= 0.6 is 0 Å². The zero-order chi connectivity index (χ0) is 9.56. The van der Waals surface area contributed by atoms with Crippen molar-refractivity contribution in [2.75, 3.05) is 20.7 Å². The van der Waals surface area contributed by atoms with Crippen LogP contribution in [0.15, 0.2) is 0 Å². The number of likely N-dealkylation sites (N-methyl/N-ethyl adjacent to an activating group) is 1. The van der Waals surface area contributed by atoms with Crippen molar-refractivity contribution in [3.8, 4) is 0 Å². The van der Waals surface area contributed by atoms with Crippen LogP contribution in [-0.4, -0.2) is 38.8 Å². The molecule has 0 aromatic heterocycles. The Morgan fingerprint density at radius 1 is 1.50 bits per heavy atom. The summed E-state index contributed by atoms with van der Waals surface area (Å²) in [6, 6.07) is 0.187. The highest BCUT2D eigenvalue weighted by molar-refractivity contribution is 5.77. The largest absolute Gasteiger partial charge is 0.380 e. The van der Waals surface area contributed by atoms with Gasteiger partial charge < -0.3 is 15.4 Å². The van der Waals surface area contributed by atoms with Gasteiger partial charge in [-0.25, -0.2) is 0 Å². The fourth-order valence-corrected chi connectivity index (χ4v) is 0.712. The Morgan fingerprint density at radius 2 is 2.08 bits per heavy atom. The summed E-state index contributed by atoms with van der Waals surface area (Å²) in [6.45, 7) is 4.28. The normalized spacial score (nSPS) is 15.3. The van der Waals surface area contributed by atoms with Crippen LogP contribution in [0.3, 0.4) is 0 Å². The molecule has 72 valence electrons. The molecule has 0 rings (SSSR count). The van der Waals surface area contributed by atoms with Gasteiger partial charge in [-0.3, -0.25) is 4.79 Å². The SMILES string of the molecule is CNC(=O)CNC(C)C(C)OC. The summed E-state index contributed by atoms with van der Waals surface area (Å²) in [4.78, 5) is 10.8. The number of amides is 1. The van der Waals surface area contributed by atoms with Gasteiger partial charge >= 0.3 is 0 Å². The first-order valence-electron chi connectivity index (χ1n) is 4.08. The average molecular weight is 174 g/mol. The van der Waals surface area contributed by atoms with Crippen LogP contribution in [0.2, 0.25) is 0 Å². The summed E-state index contributed by atoms with van der Waals surface area (Å²) in [6.07, 6.45) is 0.120. The van der Waals surface area contributed by atoms with Gasteiger partial charge in [-0.2, -0.15) is 0 Å². The molecule has 4 nitrogen and oxygen atoms in total. The lowest BCUT2D eigenvalue weighted by Gasteiger charge is -2.19. The molecular weight excluding hydrogens is 156 g/mol. The van der Waals surface area contributed by atoms with Gasteiger partial charge in [0.05, 0.1) is 12.6 Å². The number of carbonyl (C=O) groups excluding carboxylic acids is 1. The van der Waals surface area contributed by atoms with E-state index in [1.807, 2.05) is 13.8 Å². The van der Waals surface area contributed by atoms with Gasteiger partial charge in [0.1, 0.15) is 0 Å². The molecular formula is C8H18N2O2. The van der Waals surface area contributed by atoms with Gasteiger partial charge in [-0.05, 0) is 13.8 Å². The fourth-order valence-electron chi connectivity index (χ4n) is 0.712. The third-order valence-electron chi connectivity index (χ3n) is 1.94. The van der Waals surface area contributed by atoms with E-state index in [9.17, 15) is 4.79 Å². The Labute approximate surface area is 73.7 Å². The van der Waals surface area contributed by atoms with E-state index in [1.54, 1.807) is 14.2 Å². The Morgan fingerprint density at radius 3 is 2.50 bits per heavy atom. The second-order valence-corrected chi connectivity index (χ2v) is 2.78. The van der Waals surface area contributed by atoms with Crippen LogP contribution in [-0.2, 0) is 9.53 Å². The fraction of sp³-hybridized carbons (Fsp3) is 0.875. The summed E-state index contributed by atoms with van der Waals surface area (Å²) in [5.74, 6) is -0.00912. The molecule has 0 bridgehead atoms. The minimum Gasteiger partial charge on any atom is -0.380 e. The molecule has 12 heavy (non-hydrogen) atoms. The van der Waals surface area contributed by atoms with Gasteiger partial charge in [-0.15, -0.1) is 0 Å². The van der Waals surface area contributed by atoms with E-state index in [1.165, 1.54) is 0 Å². The first-order chi connectivity index (χ1) is 5.61. The molecule has 0 fully saturated rings. The molecule has 1 amide bonds. The molecule has 2 atom stereocenters. The van der Waals surface area contributed by atoms with Gasteiger partial charge in [0, 0.05) is 20.2 Å². The van der Waals surface area contributed by atoms with E-state index < -0.39 is 0 Å². The van der Waals surface area contributed by atoms with Crippen LogP contribution in [0.5, 0.6) is 0 Å². The Hall–Kier alpha value is -0.610. The molecule has 4 heteroatoms. The molecule has 0 radical (unpaired) electrons. The molecule has 0 saturated carbocycles. The molecule has 0 aromatic rings. The molecule has 0 aliphatic carbocycles. The first-order valence-corrected chi connectivity index (χ1v) is 4.08. The maximum Gasteiger partial charge on any atom is 0.233 e. The highest BCUT2D eigenvalue weighted by Gasteiger charge is 2.10. The second kappa shape index (κ2) is 5.97. The van der Waals surface area contributed by atoms with Crippen LogP contribution in [0.25, 0.3) is 0 Å². The zero-order valence-electron chi connectivity index (χ0n) is 8.18. The lowest BCUT2D eigenvalue weighted by molar-refractivity contribution is -0.120. The van der Waals surface area contributed by atoms with Crippen molar-refractivity contribution in [2.24, 2.45) is 0 Å². The molecule has 0 aromatic carbocycles. The van der Waals surface area contributed by atoms with Crippen LogP contribution in [0.4, 0.5) is 0 Å². The van der Waals surface area contributed by atoms with Crippen molar-refractivity contribution in [1.29, 1.82) is 0 Å². The van der Waals surface area contributed by atoms with Crippen molar-refractivity contribution in [3.63, 3.8) is 0 Å². The molecule has 0 spiro atoms. The van der Waals surface area contributed by atoms with Crippen LogP contribution in [0.1, 0.15) is 13.8 Å². The highest BCUT2D eigenvalue weighted by atomic mass is 16.5. The Balaban J connectivity index is 3.56. The minimum atomic E-state index is -0.00912. The molecule has 0 saturated heterocycles. The van der Waals surface area contributed by atoms with Gasteiger partial charge in [0.15, 0.2) is 0 Å². The predicted octanol–water partition coefficient (Wildman–Crippen LogP) is -0.255. The number of hydrogen-bond donors (Lipinski definition) is 2. The predicted molar refractivity (Wildman–Crippen MR) is 48.0 cm³/mol. The van der Waals surface area contributed by atoms with E-state index in [2.05, 4.69) is 10.6 Å². The van der Waals surface area contributed by atoms with E-state index in [0.29, 0.717) is 6.54 Å². The van der Waals surface area contributed by atoms with Crippen LogP contribution in [0, 0.1) is 0 Å². The van der Waals surface area contributed by atoms with Crippen molar-refractivity contribution in [2.45, 2.75) is 26.0 Å². The molecule has 2 N–H and O–H groups in total. The van der Waals surface area contributed by atoms with Gasteiger partial charge in [0.25, 0.3) is 0 Å². The molecule has 2 unspecified atom stereocenters. The summed E-state index contributed by atoms with van der Waals surface area (Å²) >= 11 is 0. The third kappa shape index (κ3) is 4.31. The Bertz CT molecular complexity index is 139. The van der Waals surface area contributed by atoms with Crippen molar-refractivity contribution >= 4 is 5.91 Å². The van der Waals surface area contributed by atoms with E-state index >= 15 is 0 Å². The number of nitrogens with one attached hydrogen (secondary N) is 2. The lowest BCUT2D eigenvalue weighted by Crippen LogP contribution is -2.42. The number of ether oxygens (including phenoxy) is 1. The van der Waals surface area contributed by atoms with Crippen LogP contribution < -0.4 is 10.6 Å². The Kier molecular flexibility index (Phi) is 5.66. The number of rotatable bonds is 5. The maximum absolute atomic E-state index is 10.8. The topological polar surface area (TPSA) is 50.4 Å². The van der Waals surface area contributed by atoms with Gasteiger partial charge in [0.2, 0.25) is 5.91 Å². The zero-order valence-corrected chi connectivity index (χ0v) is 8.18. The standard InChI is InChI=1S/C8H18N2O2/c1-6(7(2)12-4)10-5-8(11)9-3/h6-7,10H,5H2,1-4H3,(H,9,11). The van der Waals surface area contributed by atoms with E-state index in [-0.39, 0.29) is 18.1 Å². The first kappa shape index (κ1) is 11.4. The number of methoxy groups -OCH3 is 1. The molecule has 0 aliphatic rings. The monoisotopic (exact) mass is 174 g/mol. The summed E-state index contributed by atoms with van der Waals surface area (Å²) in [7, 11) is 3.27. The van der Waals surface area contributed by atoms with Crippen molar-refractivity contribution in [1.82, 2.24) is 10.6 Å². The summed E-state index contributed by atoms with van der Waals surface area (Å²) in [5, 5.41) is 5.58. The van der Waals surface area contributed by atoms with E-state index in [0.717, 1.165) is 0 Å². The van der Waals surface area contributed by atoms with Gasteiger partial charge in [-0.1, -0.05) is 0 Å². The highest BCUT2D eigenvalue weighted by Crippen LogP contribution is 1.94. The maximum atomic E-state index is 10.8. The smallest absolute Gasteiger partial charge is 0.233 e. The number of hydrogen-bond acceptors (Lipinski definition) is 3. The van der Waals surface area contributed by atoms with E-state index in [4.69, 9.17) is 4.74 Å². The summed E-state index contributed by atoms with van der Waals surface area (Å²) in [5.41, 5.74) is 0. The lowest BCUT2D eigenvalue weighted by atomic mass is 10.2. The van der Waals surface area contributed by atoms with Crippen molar-refractivity contribution < 1.29 is 9.53 Å². The van der Waals surface area contributed by atoms with Crippen molar-refractivity contribution in [3.05, 3.63) is 0 Å². The summed E-state index contributed by atoms with van der Waals surface area (Å²) < 4.78 is 5.08.